The highest BCUT2D eigenvalue weighted by Gasteiger charge is 2.10. The Hall–Kier alpha value is -2.10. The summed E-state index contributed by atoms with van der Waals surface area (Å²) in [6.07, 6.45) is 4.38. The van der Waals surface area contributed by atoms with E-state index < -0.39 is 0 Å². The second-order valence-electron chi connectivity index (χ2n) is 3.44. The van der Waals surface area contributed by atoms with E-state index in [4.69, 9.17) is 4.74 Å². The molecule has 16 heavy (non-hydrogen) atoms. The Kier molecular flexibility index (Phi) is 2.72. The van der Waals surface area contributed by atoms with E-state index >= 15 is 0 Å². The molecule has 2 rings (SSSR count). The molecule has 0 saturated heterocycles. The van der Waals surface area contributed by atoms with Crippen molar-refractivity contribution in [2.75, 3.05) is 7.11 Å². The first-order valence-electron chi connectivity index (χ1n) is 4.87. The lowest BCUT2D eigenvalue weighted by Crippen LogP contribution is -1.95. The molecule has 0 atom stereocenters. The predicted molar refractivity (Wildman–Crippen MR) is 60.6 cm³/mol. The maximum Gasteiger partial charge on any atom is 0.150 e. The van der Waals surface area contributed by atoms with E-state index in [1.165, 1.54) is 0 Å². The summed E-state index contributed by atoms with van der Waals surface area (Å²) in [4.78, 5) is 14.9. The van der Waals surface area contributed by atoms with Crippen molar-refractivity contribution in [3.8, 4) is 17.1 Å². The van der Waals surface area contributed by atoms with Crippen LogP contribution in [0.2, 0.25) is 0 Å². The minimum Gasteiger partial charge on any atom is -0.496 e. The summed E-state index contributed by atoms with van der Waals surface area (Å²) in [5.41, 5.74) is 1.47. The van der Waals surface area contributed by atoms with Gasteiger partial charge >= 0.3 is 0 Å². The fourth-order valence-electron chi connectivity index (χ4n) is 1.59. The van der Waals surface area contributed by atoms with Gasteiger partial charge in [-0.3, -0.25) is 4.79 Å². The molecule has 1 aromatic carbocycles. The summed E-state index contributed by atoms with van der Waals surface area (Å²) in [5, 5.41) is 0. The van der Waals surface area contributed by atoms with E-state index in [2.05, 4.69) is 4.98 Å². The van der Waals surface area contributed by atoms with Gasteiger partial charge in [-0.1, -0.05) is 6.07 Å². The van der Waals surface area contributed by atoms with Crippen molar-refractivity contribution in [3.63, 3.8) is 0 Å². The van der Waals surface area contributed by atoms with Crippen molar-refractivity contribution in [3.05, 3.63) is 36.2 Å². The second-order valence-corrected chi connectivity index (χ2v) is 3.44. The molecule has 2 aromatic rings. The van der Waals surface area contributed by atoms with Crippen LogP contribution in [0.5, 0.6) is 5.75 Å². The number of carbonyl (C=O) groups excluding carboxylic acids is 1. The Labute approximate surface area is 93.5 Å². The monoisotopic (exact) mass is 216 g/mol. The van der Waals surface area contributed by atoms with Crippen molar-refractivity contribution >= 4 is 6.29 Å². The van der Waals surface area contributed by atoms with Crippen LogP contribution in [0.1, 0.15) is 10.4 Å². The number of imidazole rings is 1. The third-order valence-electron chi connectivity index (χ3n) is 2.42. The first-order valence-corrected chi connectivity index (χ1v) is 4.87. The predicted octanol–water partition coefficient (Wildman–Crippen LogP) is 1.91. The molecule has 1 aromatic heterocycles. The van der Waals surface area contributed by atoms with E-state index in [9.17, 15) is 4.79 Å². The lowest BCUT2D eigenvalue weighted by Gasteiger charge is -2.08. The number of methoxy groups -OCH3 is 1. The van der Waals surface area contributed by atoms with Crippen molar-refractivity contribution in [1.29, 1.82) is 0 Å². The topological polar surface area (TPSA) is 44.1 Å². The lowest BCUT2D eigenvalue weighted by atomic mass is 10.1. The minimum atomic E-state index is 0.592. The van der Waals surface area contributed by atoms with Gasteiger partial charge in [-0.15, -0.1) is 0 Å². The smallest absolute Gasteiger partial charge is 0.150 e. The molecule has 0 fully saturated rings. The molecule has 0 aliphatic heterocycles. The Morgan fingerprint density at radius 2 is 2.25 bits per heavy atom. The summed E-state index contributed by atoms with van der Waals surface area (Å²) in [6.45, 7) is 0. The second kappa shape index (κ2) is 4.18. The van der Waals surface area contributed by atoms with Gasteiger partial charge in [0.25, 0.3) is 0 Å². The zero-order valence-electron chi connectivity index (χ0n) is 9.18. The molecule has 82 valence electrons. The molecular weight excluding hydrogens is 204 g/mol. The number of benzene rings is 1. The first-order chi connectivity index (χ1) is 7.76. The summed E-state index contributed by atoms with van der Waals surface area (Å²) in [7, 11) is 3.49. The average Bonchev–Trinajstić information content (AvgIpc) is 2.74. The van der Waals surface area contributed by atoms with E-state index in [1.807, 2.05) is 23.9 Å². The van der Waals surface area contributed by atoms with E-state index in [1.54, 1.807) is 25.4 Å². The van der Waals surface area contributed by atoms with Crippen LogP contribution < -0.4 is 4.74 Å². The van der Waals surface area contributed by atoms with Gasteiger partial charge < -0.3 is 9.30 Å². The molecule has 0 N–H and O–H groups in total. The Bertz CT molecular complexity index is 517. The van der Waals surface area contributed by atoms with Crippen LogP contribution in [0.3, 0.4) is 0 Å². The molecule has 0 saturated carbocycles. The van der Waals surface area contributed by atoms with Gasteiger partial charge in [-0.05, 0) is 12.1 Å². The van der Waals surface area contributed by atoms with Crippen molar-refractivity contribution in [1.82, 2.24) is 9.55 Å². The Morgan fingerprint density at radius 3 is 2.81 bits per heavy atom. The zero-order valence-corrected chi connectivity index (χ0v) is 9.18. The maximum atomic E-state index is 10.7. The number of ether oxygens (including phenoxy) is 1. The number of aryl methyl sites for hydroxylation is 1. The molecule has 1 heterocycles. The van der Waals surface area contributed by atoms with E-state index in [0.717, 1.165) is 17.7 Å². The minimum absolute atomic E-state index is 0.592. The Balaban J connectivity index is 2.57. The van der Waals surface area contributed by atoms with Crippen LogP contribution in [0.4, 0.5) is 0 Å². The van der Waals surface area contributed by atoms with Gasteiger partial charge in [0.05, 0.1) is 12.7 Å². The number of carbonyl (C=O) groups is 1. The molecule has 0 radical (unpaired) electrons. The normalized spacial score (nSPS) is 10.1. The highest BCUT2D eigenvalue weighted by molar-refractivity contribution is 5.79. The number of aldehydes is 1. The molecule has 0 spiro atoms. The van der Waals surface area contributed by atoms with Gasteiger partial charge in [0.2, 0.25) is 0 Å². The zero-order chi connectivity index (χ0) is 11.5. The van der Waals surface area contributed by atoms with Crippen LogP contribution in [0, 0.1) is 0 Å². The Morgan fingerprint density at radius 1 is 1.44 bits per heavy atom. The highest BCUT2D eigenvalue weighted by atomic mass is 16.5. The highest BCUT2D eigenvalue weighted by Crippen LogP contribution is 2.28. The van der Waals surface area contributed by atoms with E-state index in [-0.39, 0.29) is 0 Å². The largest absolute Gasteiger partial charge is 0.496 e. The summed E-state index contributed by atoms with van der Waals surface area (Å²) >= 11 is 0. The van der Waals surface area contributed by atoms with Gasteiger partial charge in [0, 0.05) is 25.0 Å². The quantitative estimate of drug-likeness (QED) is 0.736. The number of nitrogens with zero attached hydrogens (tertiary/aromatic N) is 2. The molecule has 0 bridgehead atoms. The molecule has 0 aliphatic carbocycles. The maximum absolute atomic E-state index is 10.7. The molecule has 0 unspecified atom stereocenters. The SMILES string of the molecule is COc1cc(C=O)ccc1-c1nccn1C. The van der Waals surface area contributed by atoms with Gasteiger partial charge in [-0.25, -0.2) is 4.98 Å². The molecule has 4 heteroatoms. The fourth-order valence-corrected chi connectivity index (χ4v) is 1.59. The number of hydrogen-bond acceptors (Lipinski definition) is 3. The van der Waals surface area contributed by atoms with Gasteiger partial charge in [0.15, 0.2) is 0 Å². The third-order valence-corrected chi connectivity index (χ3v) is 2.42. The van der Waals surface area contributed by atoms with Gasteiger partial charge in [0.1, 0.15) is 17.9 Å². The van der Waals surface area contributed by atoms with Crippen LogP contribution in [-0.4, -0.2) is 22.9 Å². The van der Waals surface area contributed by atoms with Crippen LogP contribution in [0.15, 0.2) is 30.6 Å². The van der Waals surface area contributed by atoms with E-state index in [0.29, 0.717) is 11.3 Å². The van der Waals surface area contributed by atoms with Gasteiger partial charge in [-0.2, -0.15) is 0 Å². The average molecular weight is 216 g/mol. The van der Waals surface area contributed by atoms with Crippen molar-refractivity contribution in [2.24, 2.45) is 7.05 Å². The molecule has 0 aliphatic rings. The lowest BCUT2D eigenvalue weighted by molar-refractivity contribution is 0.112. The molecule has 0 amide bonds. The fraction of sp³-hybridized carbons (Fsp3) is 0.167. The van der Waals surface area contributed by atoms with Crippen molar-refractivity contribution in [2.45, 2.75) is 0 Å². The summed E-state index contributed by atoms with van der Waals surface area (Å²) < 4.78 is 7.16. The summed E-state index contributed by atoms with van der Waals surface area (Å²) in [5.74, 6) is 1.47. The molecule has 4 nitrogen and oxygen atoms in total. The van der Waals surface area contributed by atoms with Crippen molar-refractivity contribution < 1.29 is 9.53 Å². The van der Waals surface area contributed by atoms with Crippen LogP contribution >= 0.6 is 0 Å². The standard InChI is InChI=1S/C12H12N2O2/c1-14-6-5-13-12(14)10-4-3-9(8-15)7-11(10)16-2/h3-8H,1-2H3. The molecular formula is C12H12N2O2. The number of hydrogen-bond donors (Lipinski definition) is 0. The number of rotatable bonds is 3. The summed E-state index contributed by atoms with van der Waals surface area (Å²) in [6, 6.07) is 5.29. The number of aromatic nitrogens is 2. The van der Waals surface area contributed by atoms with Crippen LogP contribution in [-0.2, 0) is 7.05 Å². The first kappa shape index (κ1) is 10.4. The third kappa shape index (κ3) is 1.69. The van der Waals surface area contributed by atoms with Crippen LogP contribution in [0.25, 0.3) is 11.4 Å².